The first-order chi connectivity index (χ1) is 22.3. The average Bonchev–Trinajstić information content (AvgIpc) is 3.06. The molecule has 1 N–H and O–H groups in total. The number of hydrogen-bond acceptors (Lipinski definition) is 13. The molecule has 0 aliphatic carbocycles. The third kappa shape index (κ3) is 8.84. The first-order valence-electron chi connectivity index (χ1n) is 15.0. The van der Waals surface area contributed by atoms with E-state index in [1.54, 1.807) is 40.4 Å². The van der Waals surface area contributed by atoms with E-state index in [-0.39, 0.29) is 19.0 Å². The Kier molecular flexibility index (Phi) is 12.9. The molecule has 1 saturated heterocycles. The van der Waals surface area contributed by atoms with Gasteiger partial charge in [-0.3, -0.25) is 4.79 Å². The van der Waals surface area contributed by atoms with Crippen LogP contribution in [0.15, 0.2) is 18.2 Å². The largest absolute Gasteiger partial charge is 0.383 e. The normalized spacial score (nSPS) is 13.5. The summed E-state index contributed by atoms with van der Waals surface area (Å²) in [5.74, 6) is -0.359. The predicted octanol–water partition coefficient (Wildman–Crippen LogP) is 1.79. The molecule has 1 aliphatic heterocycles. The SMILES string of the molecule is COCCN(CCOC)c1nc(N2CCN(C)C(=O)C2)c2nc(N(CCOC)CCOC)nc(NCc3ccc(F)c(F)c3)c2n1. The molecule has 0 spiro atoms. The van der Waals surface area contributed by atoms with Crippen molar-refractivity contribution in [3.8, 4) is 0 Å². The molecular weight excluding hydrogens is 604 g/mol. The smallest absolute Gasteiger partial charge is 0.241 e. The number of halogens is 2. The van der Waals surface area contributed by atoms with Gasteiger partial charge < -0.3 is 43.9 Å². The topological polar surface area (TPSA) is 131 Å². The summed E-state index contributed by atoms with van der Waals surface area (Å²) in [6.45, 7) is 4.79. The molecule has 0 atom stereocenters. The second-order valence-electron chi connectivity index (χ2n) is 10.7. The number of piperazine rings is 1. The number of methoxy groups -OCH3 is 4. The van der Waals surface area contributed by atoms with Crippen molar-refractivity contribution in [2.24, 2.45) is 0 Å². The van der Waals surface area contributed by atoms with Gasteiger partial charge in [-0.25, -0.2) is 18.7 Å². The summed E-state index contributed by atoms with van der Waals surface area (Å²) >= 11 is 0. The van der Waals surface area contributed by atoms with Crippen molar-refractivity contribution in [1.29, 1.82) is 0 Å². The van der Waals surface area contributed by atoms with E-state index in [9.17, 15) is 13.6 Å². The van der Waals surface area contributed by atoms with Gasteiger partial charge in [0.15, 0.2) is 23.3 Å². The van der Waals surface area contributed by atoms with E-state index < -0.39 is 11.6 Å². The molecule has 0 bridgehead atoms. The monoisotopic (exact) mass is 647 g/mol. The molecule has 1 aromatic carbocycles. The maximum absolute atomic E-state index is 14.1. The molecule has 0 unspecified atom stereocenters. The van der Waals surface area contributed by atoms with E-state index in [4.69, 9.17) is 38.9 Å². The van der Waals surface area contributed by atoms with Crippen LogP contribution in [0.3, 0.4) is 0 Å². The Morgan fingerprint density at radius 2 is 1.35 bits per heavy atom. The van der Waals surface area contributed by atoms with E-state index >= 15 is 0 Å². The maximum Gasteiger partial charge on any atom is 0.241 e. The minimum absolute atomic E-state index is 0.0528. The van der Waals surface area contributed by atoms with Crippen molar-refractivity contribution < 1.29 is 32.5 Å². The van der Waals surface area contributed by atoms with Gasteiger partial charge in [-0.05, 0) is 17.7 Å². The zero-order chi connectivity index (χ0) is 33.1. The Morgan fingerprint density at radius 1 is 0.783 bits per heavy atom. The number of carbonyl (C=O) groups excluding carboxylic acids is 1. The van der Waals surface area contributed by atoms with Gasteiger partial charge in [-0.1, -0.05) is 6.07 Å². The van der Waals surface area contributed by atoms with Crippen LogP contribution in [-0.4, -0.2) is 138 Å². The summed E-state index contributed by atoms with van der Waals surface area (Å²) in [7, 11) is 8.23. The van der Waals surface area contributed by atoms with E-state index in [2.05, 4.69) is 5.32 Å². The van der Waals surface area contributed by atoms with Gasteiger partial charge in [-0.2, -0.15) is 9.97 Å². The lowest BCUT2D eigenvalue weighted by atomic mass is 10.2. The minimum atomic E-state index is -0.948. The highest BCUT2D eigenvalue weighted by molar-refractivity contribution is 5.96. The summed E-state index contributed by atoms with van der Waals surface area (Å²) in [6.07, 6.45) is 0. The number of nitrogens with one attached hydrogen (secondary N) is 1. The van der Waals surface area contributed by atoms with Crippen molar-refractivity contribution >= 4 is 40.5 Å². The zero-order valence-corrected chi connectivity index (χ0v) is 27.1. The fraction of sp³-hybridized carbons (Fsp3) is 0.567. The van der Waals surface area contributed by atoms with Crippen LogP contribution in [0.5, 0.6) is 0 Å². The molecule has 0 radical (unpaired) electrons. The second kappa shape index (κ2) is 17.1. The average molecular weight is 648 g/mol. The summed E-state index contributed by atoms with van der Waals surface area (Å²) in [5.41, 5.74) is 1.33. The number of nitrogens with zero attached hydrogens (tertiary/aromatic N) is 8. The predicted molar refractivity (Wildman–Crippen MR) is 171 cm³/mol. The molecule has 0 saturated carbocycles. The van der Waals surface area contributed by atoms with E-state index in [0.29, 0.717) is 106 Å². The van der Waals surface area contributed by atoms with Crippen LogP contribution in [-0.2, 0) is 30.3 Å². The Hall–Kier alpha value is -3.99. The number of ether oxygens (including phenoxy) is 4. The van der Waals surface area contributed by atoms with E-state index in [1.165, 1.54) is 6.07 Å². The highest BCUT2D eigenvalue weighted by Crippen LogP contribution is 2.32. The number of anilines is 4. The molecule has 252 valence electrons. The Bertz CT molecular complexity index is 1440. The van der Waals surface area contributed by atoms with E-state index in [0.717, 1.165) is 12.1 Å². The molecule has 3 aromatic rings. The Morgan fingerprint density at radius 3 is 1.89 bits per heavy atom. The summed E-state index contributed by atoms with van der Waals surface area (Å²) in [6, 6.07) is 3.71. The van der Waals surface area contributed by atoms with Gasteiger partial charge in [-0.15, -0.1) is 0 Å². The lowest BCUT2D eigenvalue weighted by molar-refractivity contribution is -0.129. The molecule has 1 amide bonds. The number of amides is 1. The first kappa shape index (κ1) is 34.9. The van der Waals surface area contributed by atoms with Crippen LogP contribution in [0.2, 0.25) is 0 Å². The number of hydrogen-bond donors (Lipinski definition) is 1. The molecule has 14 nitrogen and oxygen atoms in total. The molecule has 46 heavy (non-hydrogen) atoms. The molecule has 16 heteroatoms. The summed E-state index contributed by atoms with van der Waals surface area (Å²) < 4.78 is 49.1. The van der Waals surface area contributed by atoms with Crippen molar-refractivity contribution in [3.63, 3.8) is 0 Å². The van der Waals surface area contributed by atoms with Crippen molar-refractivity contribution in [2.45, 2.75) is 6.54 Å². The standard InChI is InChI=1S/C30H43F2N9O5/c1-38-8-9-41(20-24(38)42)28-26-25(34-30(37-28)40(12-16-45-4)13-17-46-5)27(33-19-21-6-7-22(31)23(32)18-21)36-29(35-26)39(10-14-43-2)11-15-44-3/h6-7,18H,8-17,19-20H2,1-5H3,(H,33,35,36). The fourth-order valence-corrected chi connectivity index (χ4v) is 4.81. The zero-order valence-electron chi connectivity index (χ0n) is 27.1. The Labute approximate surface area is 267 Å². The molecule has 1 aliphatic rings. The lowest BCUT2D eigenvalue weighted by Gasteiger charge is -2.34. The van der Waals surface area contributed by atoms with Crippen molar-refractivity contribution in [3.05, 3.63) is 35.4 Å². The summed E-state index contributed by atoms with van der Waals surface area (Å²) in [4.78, 5) is 40.0. The van der Waals surface area contributed by atoms with Crippen LogP contribution in [0.4, 0.5) is 32.3 Å². The molecule has 1 fully saturated rings. The van der Waals surface area contributed by atoms with Crippen LogP contribution < -0.4 is 20.0 Å². The first-order valence-corrected chi connectivity index (χ1v) is 15.0. The number of benzene rings is 1. The lowest BCUT2D eigenvalue weighted by Crippen LogP contribution is -2.49. The number of carbonyl (C=O) groups is 1. The Balaban J connectivity index is 1.92. The van der Waals surface area contributed by atoms with Crippen LogP contribution in [0, 0.1) is 11.6 Å². The maximum atomic E-state index is 14.1. The van der Waals surface area contributed by atoms with Gasteiger partial charge in [0.05, 0.1) is 33.0 Å². The van der Waals surface area contributed by atoms with Gasteiger partial charge in [0.25, 0.3) is 0 Å². The number of fused-ring (bicyclic) bond motifs is 1. The number of likely N-dealkylation sites (N-methyl/N-ethyl adjacent to an activating group) is 1. The number of rotatable bonds is 18. The highest BCUT2D eigenvalue weighted by Gasteiger charge is 2.28. The van der Waals surface area contributed by atoms with Gasteiger partial charge >= 0.3 is 0 Å². The van der Waals surface area contributed by atoms with Gasteiger partial charge in [0.1, 0.15) is 11.0 Å². The van der Waals surface area contributed by atoms with Crippen molar-refractivity contribution in [1.82, 2.24) is 24.8 Å². The highest BCUT2D eigenvalue weighted by atomic mass is 19.2. The van der Waals surface area contributed by atoms with Crippen LogP contribution in [0.25, 0.3) is 11.0 Å². The minimum Gasteiger partial charge on any atom is -0.383 e. The number of aromatic nitrogens is 4. The molecule has 4 rings (SSSR count). The van der Waals surface area contributed by atoms with Gasteiger partial charge in [0.2, 0.25) is 17.8 Å². The van der Waals surface area contributed by atoms with Crippen molar-refractivity contribution in [2.75, 3.05) is 128 Å². The molecule has 2 aromatic heterocycles. The van der Waals surface area contributed by atoms with Crippen LogP contribution >= 0.6 is 0 Å². The summed E-state index contributed by atoms with van der Waals surface area (Å²) in [5, 5.41) is 3.28. The fourth-order valence-electron chi connectivity index (χ4n) is 4.81. The molecular formula is C30H43F2N9O5. The van der Waals surface area contributed by atoms with Crippen LogP contribution in [0.1, 0.15) is 5.56 Å². The quantitative estimate of drug-likeness (QED) is 0.216. The van der Waals surface area contributed by atoms with Gasteiger partial charge in [0, 0.05) is 81.3 Å². The third-order valence-corrected chi connectivity index (χ3v) is 7.53. The second-order valence-corrected chi connectivity index (χ2v) is 10.7. The molecule has 3 heterocycles. The van der Waals surface area contributed by atoms with E-state index in [1.807, 2.05) is 14.7 Å². The third-order valence-electron chi connectivity index (χ3n) is 7.53.